The lowest BCUT2D eigenvalue weighted by molar-refractivity contribution is -0.115. The summed E-state index contributed by atoms with van der Waals surface area (Å²) in [6.45, 7) is 2.68. The molecule has 0 aliphatic heterocycles. The molecule has 0 bridgehead atoms. The third-order valence-electron chi connectivity index (χ3n) is 3.40. The summed E-state index contributed by atoms with van der Waals surface area (Å²) in [5.41, 5.74) is 2.19. The number of carbonyl (C=O) groups is 1. The fourth-order valence-electron chi connectivity index (χ4n) is 2.23. The van der Waals surface area contributed by atoms with Crippen LogP contribution in [0.4, 0.5) is 5.82 Å². The summed E-state index contributed by atoms with van der Waals surface area (Å²) in [7, 11) is 0. The highest BCUT2D eigenvalue weighted by Crippen LogP contribution is 2.21. The number of halogens is 1. The minimum absolute atomic E-state index is 0.0389. The zero-order valence-electron chi connectivity index (χ0n) is 12.6. The van der Waals surface area contributed by atoms with E-state index in [2.05, 4.69) is 32.4 Å². The van der Waals surface area contributed by atoms with Crippen molar-refractivity contribution in [3.05, 3.63) is 68.5 Å². The van der Waals surface area contributed by atoms with E-state index in [-0.39, 0.29) is 5.91 Å². The van der Waals surface area contributed by atoms with Crippen molar-refractivity contribution < 1.29 is 4.79 Å². The lowest BCUT2D eigenvalue weighted by atomic mass is 10.1. The molecular weight excluding hydrogens is 374 g/mol. The molecule has 1 N–H and O–H groups in total. The maximum Gasteiger partial charge on any atom is 0.229 e. The van der Waals surface area contributed by atoms with E-state index in [0.717, 1.165) is 10.0 Å². The van der Waals surface area contributed by atoms with Gasteiger partial charge in [0.15, 0.2) is 0 Å². The van der Waals surface area contributed by atoms with E-state index in [1.807, 2.05) is 42.6 Å². The number of aryl methyl sites for hydroxylation is 1. The Balaban J connectivity index is 1.65. The average Bonchev–Trinajstić information content (AvgIpc) is 3.11. The average molecular weight is 390 g/mol. The zero-order valence-corrected chi connectivity index (χ0v) is 15.0. The highest BCUT2D eigenvalue weighted by atomic mass is 79.9. The van der Waals surface area contributed by atoms with Crippen LogP contribution >= 0.6 is 27.3 Å². The van der Waals surface area contributed by atoms with Gasteiger partial charge in [-0.2, -0.15) is 5.10 Å². The van der Waals surface area contributed by atoms with Gasteiger partial charge in [-0.25, -0.2) is 4.68 Å². The summed E-state index contributed by atoms with van der Waals surface area (Å²) in [5.74, 6) is 0.676. The normalized spacial score (nSPS) is 10.7. The van der Waals surface area contributed by atoms with Crippen molar-refractivity contribution in [1.29, 1.82) is 0 Å². The SMILES string of the molecule is Cc1ccc(CC(=O)Nc2ccnn2Cc2cc(Br)cs2)cc1. The van der Waals surface area contributed by atoms with Crippen LogP contribution in [0.25, 0.3) is 0 Å². The number of hydrogen-bond donors (Lipinski definition) is 1. The van der Waals surface area contributed by atoms with Crippen molar-refractivity contribution in [3.63, 3.8) is 0 Å². The Hall–Kier alpha value is -1.92. The van der Waals surface area contributed by atoms with Crippen LogP contribution in [0.5, 0.6) is 0 Å². The Bertz CT molecular complexity index is 807. The van der Waals surface area contributed by atoms with Gasteiger partial charge >= 0.3 is 0 Å². The molecule has 1 amide bonds. The topological polar surface area (TPSA) is 46.9 Å². The Morgan fingerprint density at radius 2 is 2.09 bits per heavy atom. The van der Waals surface area contributed by atoms with Gasteiger partial charge in [-0.15, -0.1) is 11.3 Å². The monoisotopic (exact) mass is 389 g/mol. The van der Waals surface area contributed by atoms with Crippen molar-refractivity contribution in [3.8, 4) is 0 Å². The fraction of sp³-hybridized carbons (Fsp3) is 0.176. The molecule has 0 saturated heterocycles. The van der Waals surface area contributed by atoms with Crippen LogP contribution in [0, 0.1) is 6.92 Å². The highest BCUT2D eigenvalue weighted by molar-refractivity contribution is 9.10. The second-order valence-electron chi connectivity index (χ2n) is 5.32. The number of anilines is 1. The molecule has 3 rings (SSSR count). The minimum atomic E-state index is -0.0389. The van der Waals surface area contributed by atoms with Crippen LogP contribution in [0.1, 0.15) is 16.0 Å². The van der Waals surface area contributed by atoms with E-state index in [9.17, 15) is 4.79 Å². The minimum Gasteiger partial charge on any atom is -0.311 e. The van der Waals surface area contributed by atoms with E-state index >= 15 is 0 Å². The van der Waals surface area contributed by atoms with Gasteiger partial charge in [-0.3, -0.25) is 4.79 Å². The Morgan fingerprint density at radius 3 is 2.78 bits per heavy atom. The lowest BCUT2D eigenvalue weighted by Gasteiger charge is -2.08. The number of rotatable bonds is 5. The number of nitrogens with zero attached hydrogens (tertiary/aromatic N) is 2. The lowest BCUT2D eigenvalue weighted by Crippen LogP contribution is -2.17. The number of carbonyl (C=O) groups excluding carboxylic acids is 1. The molecule has 0 aliphatic rings. The van der Waals surface area contributed by atoms with Crippen LogP contribution in [0.3, 0.4) is 0 Å². The number of hydrogen-bond acceptors (Lipinski definition) is 3. The first-order valence-electron chi connectivity index (χ1n) is 7.20. The first-order chi connectivity index (χ1) is 11.1. The second-order valence-corrected chi connectivity index (χ2v) is 7.23. The van der Waals surface area contributed by atoms with Crippen molar-refractivity contribution in [2.75, 3.05) is 5.32 Å². The maximum atomic E-state index is 12.2. The van der Waals surface area contributed by atoms with Crippen LogP contribution in [0.15, 0.2) is 52.4 Å². The number of benzene rings is 1. The Kier molecular flexibility index (Phi) is 4.93. The second kappa shape index (κ2) is 7.10. The third-order valence-corrected chi connectivity index (χ3v) is 5.08. The molecule has 0 saturated carbocycles. The van der Waals surface area contributed by atoms with Crippen LogP contribution < -0.4 is 5.32 Å². The van der Waals surface area contributed by atoms with Gasteiger partial charge in [0.25, 0.3) is 0 Å². The van der Waals surface area contributed by atoms with E-state index in [1.54, 1.807) is 22.2 Å². The fourth-order valence-corrected chi connectivity index (χ4v) is 3.66. The molecule has 0 aliphatic carbocycles. The van der Waals surface area contributed by atoms with E-state index in [1.165, 1.54) is 10.4 Å². The Labute approximate surface area is 147 Å². The first kappa shape index (κ1) is 16.0. The summed E-state index contributed by atoms with van der Waals surface area (Å²) < 4.78 is 2.86. The van der Waals surface area contributed by atoms with Gasteiger partial charge < -0.3 is 5.32 Å². The largest absolute Gasteiger partial charge is 0.311 e. The van der Waals surface area contributed by atoms with Crippen LogP contribution in [-0.4, -0.2) is 15.7 Å². The summed E-state index contributed by atoms with van der Waals surface area (Å²) >= 11 is 5.11. The number of amides is 1. The third kappa shape index (κ3) is 4.30. The molecule has 3 aromatic rings. The highest BCUT2D eigenvalue weighted by Gasteiger charge is 2.09. The molecule has 23 heavy (non-hydrogen) atoms. The molecule has 0 spiro atoms. The van der Waals surface area contributed by atoms with Crippen molar-refractivity contribution in [2.24, 2.45) is 0 Å². The van der Waals surface area contributed by atoms with E-state index < -0.39 is 0 Å². The molecule has 1 aromatic carbocycles. The Morgan fingerprint density at radius 1 is 1.30 bits per heavy atom. The van der Waals surface area contributed by atoms with Gasteiger partial charge in [0, 0.05) is 20.8 Å². The van der Waals surface area contributed by atoms with Crippen molar-refractivity contribution in [2.45, 2.75) is 19.9 Å². The quantitative estimate of drug-likeness (QED) is 0.708. The van der Waals surface area contributed by atoms with Gasteiger partial charge in [0.1, 0.15) is 5.82 Å². The molecule has 0 atom stereocenters. The molecule has 6 heteroatoms. The molecular formula is C17H16BrN3OS. The molecule has 0 radical (unpaired) electrons. The first-order valence-corrected chi connectivity index (χ1v) is 8.87. The molecule has 0 fully saturated rings. The molecule has 2 aromatic heterocycles. The summed E-state index contributed by atoms with van der Waals surface area (Å²) in [6, 6.07) is 11.9. The predicted molar refractivity (Wildman–Crippen MR) is 96.9 cm³/mol. The molecule has 118 valence electrons. The van der Waals surface area contributed by atoms with Crippen molar-refractivity contribution >= 4 is 39.0 Å². The number of nitrogens with one attached hydrogen (secondary N) is 1. The van der Waals surface area contributed by atoms with Gasteiger partial charge in [0.2, 0.25) is 5.91 Å². The van der Waals surface area contributed by atoms with Gasteiger partial charge in [0.05, 0.1) is 19.2 Å². The molecule has 2 heterocycles. The summed E-state index contributed by atoms with van der Waals surface area (Å²) in [4.78, 5) is 13.4. The summed E-state index contributed by atoms with van der Waals surface area (Å²) in [6.07, 6.45) is 2.06. The van der Waals surface area contributed by atoms with Gasteiger partial charge in [-0.05, 0) is 34.5 Å². The van der Waals surface area contributed by atoms with Gasteiger partial charge in [-0.1, -0.05) is 29.8 Å². The number of aromatic nitrogens is 2. The van der Waals surface area contributed by atoms with Crippen molar-refractivity contribution in [1.82, 2.24) is 9.78 Å². The van der Waals surface area contributed by atoms with Crippen LogP contribution in [-0.2, 0) is 17.8 Å². The molecule has 0 unspecified atom stereocenters. The zero-order chi connectivity index (χ0) is 16.2. The predicted octanol–water partition coefficient (Wildman–Crippen LogP) is 4.25. The standard InChI is InChI=1S/C17H16BrN3OS/c1-12-2-4-13(5-3-12)8-17(22)20-16-6-7-19-21(16)10-15-9-14(18)11-23-15/h2-7,9,11H,8,10H2,1H3,(H,20,22). The maximum absolute atomic E-state index is 12.2. The number of thiophene rings is 1. The smallest absolute Gasteiger partial charge is 0.229 e. The van der Waals surface area contributed by atoms with Crippen LogP contribution in [0.2, 0.25) is 0 Å². The summed E-state index contributed by atoms with van der Waals surface area (Å²) in [5, 5.41) is 9.26. The molecule has 4 nitrogen and oxygen atoms in total. The van der Waals surface area contributed by atoms with E-state index in [4.69, 9.17) is 0 Å². The van der Waals surface area contributed by atoms with E-state index in [0.29, 0.717) is 18.8 Å².